The van der Waals surface area contributed by atoms with Crippen molar-refractivity contribution in [2.24, 2.45) is 0 Å². The summed E-state index contributed by atoms with van der Waals surface area (Å²) in [6, 6.07) is 11.6. The quantitative estimate of drug-likeness (QED) is 0.565. The van der Waals surface area contributed by atoms with Crippen LogP contribution in [0.3, 0.4) is 0 Å². The molecule has 0 unspecified atom stereocenters. The molecule has 0 saturated carbocycles. The summed E-state index contributed by atoms with van der Waals surface area (Å²) in [6.07, 6.45) is 4.46. The molecular weight excluding hydrogens is 344 g/mol. The third kappa shape index (κ3) is 3.55. The first-order chi connectivity index (χ1) is 13.2. The van der Waals surface area contributed by atoms with Gasteiger partial charge < -0.3 is 9.84 Å². The van der Waals surface area contributed by atoms with Gasteiger partial charge in [0.05, 0.1) is 5.56 Å². The molecule has 8 nitrogen and oxygen atoms in total. The maximum absolute atomic E-state index is 12.4. The van der Waals surface area contributed by atoms with Crippen molar-refractivity contribution in [3.8, 4) is 5.69 Å². The van der Waals surface area contributed by atoms with Crippen molar-refractivity contribution in [3.63, 3.8) is 0 Å². The fourth-order valence-corrected chi connectivity index (χ4v) is 2.72. The number of nitrogens with zero attached hydrogens (tertiary/aromatic N) is 5. The molecule has 0 aliphatic heterocycles. The second-order valence-electron chi connectivity index (χ2n) is 5.98. The minimum atomic E-state index is -0.214. The summed E-state index contributed by atoms with van der Waals surface area (Å²) in [4.78, 5) is 25.4. The first kappa shape index (κ1) is 16.9. The molecule has 0 radical (unpaired) electrons. The van der Waals surface area contributed by atoms with Crippen LogP contribution in [0.5, 0.6) is 0 Å². The van der Waals surface area contributed by atoms with E-state index in [1.54, 1.807) is 18.6 Å². The molecule has 0 aliphatic carbocycles. The molecule has 0 aliphatic rings. The van der Waals surface area contributed by atoms with Crippen LogP contribution in [0.15, 0.2) is 53.4 Å². The van der Waals surface area contributed by atoms with Gasteiger partial charge in [-0.1, -0.05) is 30.3 Å². The van der Waals surface area contributed by atoms with Gasteiger partial charge in [-0.3, -0.25) is 9.36 Å². The molecule has 0 saturated heterocycles. The van der Waals surface area contributed by atoms with Gasteiger partial charge in [0, 0.05) is 31.3 Å². The molecule has 27 heavy (non-hydrogen) atoms. The second kappa shape index (κ2) is 7.36. The molecule has 8 heteroatoms. The van der Waals surface area contributed by atoms with Gasteiger partial charge >= 0.3 is 0 Å². The number of rotatable bonds is 6. The van der Waals surface area contributed by atoms with Crippen molar-refractivity contribution in [1.29, 1.82) is 0 Å². The normalized spacial score (nSPS) is 11.0. The van der Waals surface area contributed by atoms with Gasteiger partial charge in [-0.25, -0.2) is 9.97 Å². The minimum absolute atomic E-state index is 0.214. The number of hydrogen-bond donors (Lipinski definition) is 1. The van der Waals surface area contributed by atoms with E-state index in [1.165, 1.54) is 0 Å². The Morgan fingerprint density at radius 3 is 2.85 bits per heavy atom. The third-order valence-corrected chi connectivity index (χ3v) is 4.14. The number of benzene rings is 1. The lowest BCUT2D eigenvalue weighted by Gasteiger charge is -2.05. The summed E-state index contributed by atoms with van der Waals surface area (Å²) in [6.45, 7) is 2.36. The zero-order valence-electron chi connectivity index (χ0n) is 14.8. The molecule has 3 aromatic heterocycles. The summed E-state index contributed by atoms with van der Waals surface area (Å²) >= 11 is 0. The second-order valence-corrected chi connectivity index (χ2v) is 5.98. The van der Waals surface area contributed by atoms with Gasteiger partial charge in [0.15, 0.2) is 11.5 Å². The lowest BCUT2D eigenvalue weighted by Crippen LogP contribution is -2.25. The van der Waals surface area contributed by atoms with Gasteiger partial charge in [0.25, 0.3) is 5.91 Å². The topological polar surface area (TPSA) is 98.7 Å². The summed E-state index contributed by atoms with van der Waals surface area (Å²) < 4.78 is 6.99. The smallest absolute Gasteiger partial charge is 0.252 e. The van der Waals surface area contributed by atoms with Gasteiger partial charge in [0.1, 0.15) is 11.8 Å². The number of aryl methyl sites for hydroxylation is 1. The Labute approximate surface area is 155 Å². The lowest BCUT2D eigenvalue weighted by molar-refractivity contribution is 0.0953. The van der Waals surface area contributed by atoms with Crippen LogP contribution in [0, 0.1) is 0 Å². The number of fused-ring (bicyclic) bond motifs is 1. The van der Waals surface area contributed by atoms with Crippen molar-refractivity contribution in [2.45, 2.75) is 19.8 Å². The van der Waals surface area contributed by atoms with E-state index in [2.05, 4.69) is 25.4 Å². The summed E-state index contributed by atoms with van der Waals surface area (Å²) in [5.41, 5.74) is 2.79. The molecule has 0 spiro atoms. The average molecular weight is 362 g/mol. The Morgan fingerprint density at radius 1 is 1.22 bits per heavy atom. The monoisotopic (exact) mass is 362 g/mol. The highest BCUT2D eigenvalue weighted by atomic mass is 16.5. The van der Waals surface area contributed by atoms with Crippen LogP contribution in [0.25, 0.3) is 16.9 Å². The number of nitrogens with one attached hydrogen (secondary N) is 1. The number of hydrogen-bond acceptors (Lipinski definition) is 6. The standard InChI is InChI=1S/C19H18N6O2/c1-2-16-23-17(27-24-16)8-9-20-19(26)13-10-15-18(21-11-13)25(12-22-15)14-6-4-3-5-7-14/h3-7,10-12H,2,8-9H2,1H3,(H,20,26). The fourth-order valence-electron chi connectivity index (χ4n) is 2.72. The van der Waals surface area contributed by atoms with Crippen LogP contribution >= 0.6 is 0 Å². The van der Waals surface area contributed by atoms with Crippen LogP contribution in [0.1, 0.15) is 29.0 Å². The molecule has 1 amide bonds. The number of pyridine rings is 1. The van der Waals surface area contributed by atoms with Crippen LogP contribution < -0.4 is 5.32 Å². The summed E-state index contributed by atoms with van der Waals surface area (Å²) in [7, 11) is 0. The molecule has 0 atom stereocenters. The largest absolute Gasteiger partial charge is 0.351 e. The molecule has 1 aromatic carbocycles. The molecule has 0 bridgehead atoms. The molecule has 1 N–H and O–H groups in total. The van der Waals surface area contributed by atoms with Gasteiger partial charge in [-0.15, -0.1) is 0 Å². The van der Waals surface area contributed by atoms with Crippen LogP contribution in [-0.4, -0.2) is 37.1 Å². The number of aromatic nitrogens is 5. The molecule has 136 valence electrons. The number of amides is 1. The zero-order chi connectivity index (χ0) is 18.6. The van der Waals surface area contributed by atoms with E-state index in [9.17, 15) is 4.79 Å². The zero-order valence-corrected chi connectivity index (χ0v) is 14.8. The summed E-state index contributed by atoms with van der Waals surface area (Å²) in [5.74, 6) is 0.969. The number of carbonyl (C=O) groups is 1. The van der Waals surface area contributed by atoms with E-state index in [0.29, 0.717) is 41.4 Å². The first-order valence-electron chi connectivity index (χ1n) is 8.73. The molecule has 4 aromatic rings. The Bertz CT molecular complexity index is 1070. The Balaban J connectivity index is 1.45. The maximum atomic E-state index is 12.4. The van der Waals surface area contributed by atoms with Crippen molar-refractivity contribution >= 4 is 17.1 Å². The van der Waals surface area contributed by atoms with E-state index in [-0.39, 0.29) is 5.91 Å². The van der Waals surface area contributed by atoms with E-state index >= 15 is 0 Å². The maximum Gasteiger partial charge on any atom is 0.252 e. The molecule has 4 rings (SSSR count). The highest BCUT2D eigenvalue weighted by Gasteiger charge is 2.12. The number of imidazole rings is 1. The van der Waals surface area contributed by atoms with Crippen LogP contribution in [0.4, 0.5) is 0 Å². The van der Waals surface area contributed by atoms with Gasteiger partial charge in [-0.2, -0.15) is 4.98 Å². The Hall–Kier alpha value is -3.55. The van der Waals surface area contributed by atoms with Crippen molar-refractivity contribution in [3.05, 3.63) is 66.2 Å². The predicted octanol–water partition coefficient (Wildman–Crippen LogP) is 2.34. The average Bonchev–Trinajstić information content (AvgIpc) is 3.34. The highest BCUT2D eigenvalue weighted by Crippen LogP contribution is 2.17. The van der Waals surface area contributed by atoms with Crippen molar-refractivity contribution in [1.82, 2.24) is 30.0 Å². The first-order valence-corrected chi connectivity index (χ1v) is 8.73. The number of para-hydroxylation sites is 1. The Morgan fingerprint density at radius 2 is 2.07 bits per heavy atom. The lowest BCUT2D eigenvalue weighted by atomic mass is 10.2. The summed E-state index contributed by atoms with van der Waals surface area (Å²) in [5, 5.41) is 6.67. The molecule has 3 heterocycles. The van der Waals surface area contributed by atoms with Gasteiger partial charge in [-0.05, 0) is 18.2 Å². The minimum Gasteiger partial charge on any atom is -0.351 e. The van der Waals surface area contributed by atoms with Crippen LogP contribution in [0.2, 0.25) is 0 Å². The fraction of sp³-hybridized carbons (Fsp3) is 0.211. The van der Waals surface area contributed by atoms with E-state index in [4.69, 9.17) is 4.52 Å². The molecular formula is C19H18N6O2. The highest BCUT2D eigenvalue weighted by molar-refractivity contribution is 5.96. The van der Waals surface area contributed by atoms with E-state index in [0.717, 1.165) is 12.1 Å². The third-order valence-electron chi connectivity index (χ3n) is 4.14. The number of carbonyl (C=O) groups excluding carboxylic acids is 1. The van der Waals surface area contributed by atoms with Gasteiger partial charge in [0.2, 0.25) is 5.89 Å². The predicted molar refractivity (Wildman–Crippen MR) is 98.6 cm³/mol. The SMILES string of the molecule is CCc1noc(CCNC(=O)c2cnc3c(c2)ncn3-c2ccccc2)n1. The van der Waals surface area contributed by atoms with Crippen molar-refractivity contribution in [2.75, 3.05) is 6.54 Å². The van der Waals surface area contributed by atoms with E-state index < -0.39 is 0 Å². The van der Waals surface area contributed by atoms with Crippen molar-refractivity contribution < 1.29 is 9.32 Å². The Kier molecular flexibility index (Phi) is 4.61. The molecule has 0 fully saturated rings. The van der Waals surface area contributed by atoms with E-state index in [1.807, 2.05) is 41.8 Å². The van der Waals surface area contributed by atoms with Crippen LogP contribution in [-0.2, 0) is 12.8 Å².